The second-order valence-corrected chi connectivity index (χ2v) is 11.3. The summed E-state index contributed by atoms with van der Waals surface area (Å²) in [6.07, 6.45) is 1.23. The van der Waals surface area contributed by atoms with Gasteiger partial charge in [-0.05, 0) is 51.5 Å². The zero-order valence-corrected chi connectivity index (χ0v) is 26.1. The van der Waals surface area contributed by atoms with Gasteiger partial charge in [-0.1, -0.05) is 0 Å². The van der Waals surface area contributed by atoms with Crippen LogP contribution in [-0.2, 0) is 38.4 Å². The standard InChI is InChI=1S/C27H46N12O8/c28-9-1-4-16(37-24(45)17(12-19(29)40)38-23(44)15-7-8-21(42)35-15)26(47)39-11-3-6-18(39)25(46)36-14(5-2-10-33-27(31)32)22(43)34-13-20(30)41/h14-18H,1-13,28H2,(H2,29,40)(H2,30,41)(H,34,43)(H,35,42)(H,36,46)(H,37,45)(H,38,44)(H4,31,32,33)/t14-,15-,16-,17-,18-/m0/s1. The molecule has 2 rings (SSSR count). The predicted octanol–water partition coefficient (Wildman–Crippen LogP) is -6.02. The topological polar surface area (TPSA) is 342 Å². The van der Waals surface area contributed by atoms with E-state index in [2.05, 4.69) is 31.6 Å². The van der Waals surface area contributed by atoms with Crippen LogP contribution < -0.4 is 55.3 Å². The normalized spacial score (nSPS) is 19.0. The second kappa shape index (κ2) is 18.8. The third kappa shape index (κ3) is 12.7. The number of nitrogens with one attached hydrogen (secondary N) is 5. The largest absolute Gasteiger partial charge is 0.370 e. The lowest BCUT2D eigenvalue weighted by Crippen LogP contribution is -2.59. The summed E-state index contributed by atoms with van der Waals surface area (Å²) in [6, 6.07) is -5.63. The highest BCUT2D eigenvalue weighted by Gasteiger charge is 2.40. The third-order valence-electron chi connectivity index (χ3n) is 7.52. The van der Waals surface area contributed by atoms with Crippen molar-refractivity contribution < 1.29 is 38.4 Å². The summed E-state index contributed by atoms with van der Waals surface area (Å²) in [7, 11) is 0. The zero-order chi connectivity index (χ0) is 35.1. The lowest BCUT2D eigenvalue weighted by molar-refractivity contribution is -0.142. The number of nitrogens with two attached hydrogens (primary N) is 5. The maximum atomic E-state index is 13.8. The molecule has 2 aliphatic rings. The fourth-order valence-corrected chi connectivity index (χ4v) is 5.19. The Bertz CT molecular complexity index is 1220. The molecule has 2 saturated heterocycles. The van der Waals surface area contributed by atoms with E-state index in [4.69, 9.17) is 28.7 Å². The Labute approximate surface area is 271 Å². The number of nitrogens with zero attached hydrogens (tertiary/aromatic N) is 2. The minimum absolute atomic E-state index is 0.0742. The van der Waals surface area contributed by atoms with Gasteiger partial charge in [-0.3, -0.25) is 43.3 Å². The van der Waals surface area contributed by atoms with Crippen LogP contribution in [0.15, 0.2) is 4.99 Å². The second-order valence-electron chi connectivity index (χ2n) is 11.3. The highest BCUT2D eigenvalue weighted by Crippen LogP contribution is 2.20. The number of amides is 8. The first kappa shape index (κ1) is 38.2. The fraction of sp³-hybridized carbons (Fsp3) is 0.667. The number of carbonyl (C=O) groups excluding carboxylic acids is 8. The molecule has 0 radical (unpaired) electrons. The molecule has 0 aliphatic carbocycles. The Hall–Kier alpha value is -5.01. The van der Waals surface area contributed by atoms with Crippen LogP contribution in [0, 0.1) is 0 Å². The van der Waals surface area contributed by atoms with Crippen LogP contribution in [0.2, 0.25) is 0 Å². The number of guanidine groups is 1. The van der Waals surface area contributed by atoms with Crippen molar-refractivity contribution in [2.75, 3.05) is 26.2 Å². The van der Waals surface area contributed by atoms with Gasteiger partial charge in [0.2, 0.25) is 47.3 Å². The minimum atomic E-state index is -1.44. The van der Waals surface area contributed by atoms with Gasteiger partial charge in [0, 0.05) is 19.5 Å². The molecule has 2 aliphatic heterocycles. The van der Waals surface area contributed by atoms with Crippen molar-refractivity contribution in [1.82, 2.24) is 31.5 Å². The van der Waals surface area contributed by atoms with Crippen molar-refractivity contribution in [3.8, 4) is 0 Å². The molecule has 20 heteroatoms. The number of aliphatic imine (C=N–C) groups is 1. The molecule has 0 saturated carbocycles. The summed E-state index contributed by atoms with van der Waals surface area (Å²) in [5, 5.41) is 12.4. The molecule has 0 spiro atoms. The first-order chi connectivity index (χ1) is 22.2. The van der Waals surface area contributed by atoms with Crippen LogP contribution >= 0.6 is 0 Å². The van der Waals surface area contributed by atoms with Crippen molar-refractivity contribution in [2.24, 2.45) is 33.7 Å². The van der Waals surface area contributed by atoms with E-state index >= 15 is 0 Å². The molecule has 262 valence electrons. The maximum absolute atomic E-state index is 13.8. The van der Waals surface area contributed by atoms with Crippen LogP contribution in [0.1, 0.15) is 57.8 Å². The van der Waals surface area contributed by atoms with E-state index in [0.29, 0.717) is 19.3 Å². The SMILES string of the molecule is NCCC[C@H](NC(=O)[C@H](CC(N)=O)NC(=O)[C@@H]1CCC(=O)N1)C(=O)N1CCC[C@H]1C(=O)N[C@@H](CCCN=C(N)N)C(=O)NCC(N)=O. The third-order valence-corrected chi connectivity index (χ3v) is 7.52. The van der Waals surface area contributed by atoms with Gasteiger partial charge in [-0.2, -0.15) is 0 Å². The van der Waals surface area contributed by atoms with Crippen molar-refractivity contribution in [3.05, 3.63) is 0 Å². The molecule has 47 heavy (non-hydrogen) atoms. The van der Waals surface area contributed by atoms with E-state index in [1.807, 2.05) is 0 Å². The van der Waals surface area contributed by atoms with Crippen LogP contribution in [0.25, 0.3) is 0 Å². The Balaban J connectivity index is 2.18. The minimum Gasteiger partial charge on any atom is -0.370 e. The molecule has 8 amide bonds. The first-order valence-corrected chi connectivity index (χ1v) is 15.3. The summed E-state index contributed by atoms with van der Waals surface area (Å²) < 4.78 is 0. The molecule has 0 aromatic rings. The average Bonchev–Trinajstić information content (AvgIpc) is 3.68. The molecule has 0 aromatic carbocycles. The van der Waals surface area contributed by atoms with Crippen LogP contribution in [0.5, 0.6) is 0 Å². The quantitative estimate of drug-likeness (QED) is 0.0351. The number of carbonyl (C=O) groups is 8. The summed E-state index contributed by atoms with van der Waals surface area (Å²) in [6.45, 7) is 0.0507. The zero-order valence-electron chi connectivity index (χ0n) is 26.1. The number of rotatable bonds is 19. The first-order valence-electron chi connectivity index (χ1n) is 15.3. The molecule has 2 fully saturated rings. The van der Waals surface area contributed by atoms with Crippen molar-refractivity contribution >= 4 is 53.2 Å². The molecule has 2 heterocycles. The number of likely N-dealkylation sites (tertiary alicyclic amines) is 1. The molecule has 15 N–H and O–H groups in total. The lowest BCUT2D eigenvalue weighted by Gasteiger charge is -2.30. The van der Waals surface area contributed by atoms with Gasteiger partial charge in [0.05, 0.1) is 13.0 Å². The average molecular weight is 667 g/mol. The van der Waals surface area contributed by atoms with Crippen LogP contribution in [0.3, 0.4) is 0 Å². The lowest BCUT2D eigenvalue weighted by atomic mass is 10.1. The van der Waals surface area contributed by atoms with Crippen LogP contribution in [-0.4, -0.2) is 115 Å². The Morgan fingerprint density at radius 1 is 0.851 bits per heavy atom. The fourth-order valence-electron chi connectivity index (χ4n) is 5.19. The Morgan fingerprint density at radius 3 is 2.13 bits per heavy atom. The van der Waals surface area contributed by atoms with Gasteiger partial charge in [0.25, 0.3) is 0 Å². The molecule has 0 unspecified atom stereocenters. The maximum Gasteiger partial charge on any atom is 0.245 e. The van der Waals surface area contributed by atoms with E-state index in [1.165, 1.54) is 4.90 Å². The highest BCUT2D eigenvalue weighted by molar-refractivity contribution is 5.98. The molecular formula is C27H46N12O8. The molecule has 0 aromatic heterocycles. The molecular weight excluding hydrogens is 620 g/mol. The number of hydrogen-bond acceptors (Lipinski definition) is 10. The van der Waals surface area contributed by atoms with Crippen molar-refractivity contribution in [1.29, 1.82) is 0 Å². The van der Waals surface area contributed by atoms with Crippen LogP contribution in [0.4, 0.5) is 0 Å². The summed E-state index contributed by atoms with van der Waals surface area (Å²) in [5.74, 6) is -5.65. The molecule has 0 bridgehead atoms. The summed E-state index contributed by atoms with van der Waals surface area (Å²) in [4.78, 5) is 106. The van der Waals surface area contributed by atoms with Gasteiger partial charge < -0.3 is 60.2 Å². The van der Waals surface area contributed by atoms with Gasteiger partial charge >= 0.3 is 0 Å². The Morgan fingerprint density at radius 2 is 1.53 bits per heavy atom. The van der Waals surface area contributed by atoms with Crippen molar-refractivity contribution in [2.45, 2.75) is 88.0 Å². The van der Waals surface area contributed by atoms with Gasteiger partial charge in [-0.25, -0.2) is 0 Å². The highest BCUT2D eigenvalue weighted by atomic mass is 16.2. The smallest absolute Gasteiger partial charge is 0.245 e. The molecule has 20 nitrogen and oxygen atoms in total. The summed E-state index contributed by atoms with van der Waals surface area (Å²) in [5.41, 5.74) is 26.8. The Kier molecular flexibility index (Phi) is 15.3. The van der Waals surface area contributed by atoms with Gasteiger partial charge in [-0.15, -0.1) is 0 Å². The van der Waals surface area contributed by atoms with Gasteiger partial charge in [0.15, 0.2) is 5.96 Å². The van der Waals surface area contributed by atoms with E-state index < -0.39 is 84.5 Å². The monoisotopic (exact) mass is 666 g/mol. The van der Waals surface area contributed by atoms with Crippen molar-refractivity contribution in [3.63, 3.8) is 0 Å². The van der Waals surface area contributed by atoms with E-state index in [1.54, 1.807) is 0 Å². The number of hydrogen-bond donors (Lipinski definition) is 10. The molecule has 5 atom stereocenters. The summed E-state index contributed by atoms with van der Waals surface area (Å²) >= 11 is 0. The predicted molar refractivity (Wildman–Crippen MR) is 166 cm³/mol. The number of primary amides is 2. The van der Waals surface area contributed by atoms with Gasteiger partial charge in [0.1, 0.15) is 30.2 Å². The van der Waals surface area contributed by atoms with E-state index in [0.717, 1.165) is 0 Å². The van der Waals surface area contributed by atoms with E-state index in [-0.39, 0.29) is 63.6 Å². The van der Waals surface area contributed by atoms with E-state index in [9.17, 15) is 38.4 Å².